The van der Waals surface area contributed by atoms with Gasteiger partial charge in [-0.3, -0.25) is 9.67 Å². The van der Waals surface area contributed by atoms with Gasteiger partial charge in [0, 0.05) is 37.5 Å². The van der Waals surface area contributed by atoms with E-state index < -0.39 is 11.9 Å². The molecule has 0 saturated heterocycles. The molecule has 1 aliphatic heterocycles. The molecule has 0 fully saturated rings. The fraction of sp³-hybridized carbons (Fsp3) is 0.375. The first-order valence-electron chi connectivity index (χ1n) is 8.19. The number of nitrogens with one attached hydrogen (secondary N) is 1. The van der Waals surface area contributed by atoms with Gasteiger partial charge in [0.15, 0.2) is 5.82 Å². The van der Waals surface area contributed by atoms with Crippen molar-refractivity contribution in [1.29, 1.82) is 0 Å². The third-order valence-electron chi connectivity index (χ3n) is 4.27. The second-order valence-corrected chi connectivity index (χ2v) is 6.08. The molecule has 0 saturated carbocycles. The van der Waals surface area contributed by atoms with Crippen LogP contribution in [0.1, 0.15) is 29.3 Å². The first-order valence-corrected chi connectivity index (χ1v) is 8.19. The molecule has 3 aromatic rings. The van der Waals surface area contributed by atoms with Gasteiger partial charge in [-0.1, -0.05) is 6.07 Å². The molecular weight excluding hydrogens is 347 g/mol. The fourth-order valence-electron chi connectivity index (χ4n) is 3.05. The van der Waals surface area contributed by atoms with Gasteiger partial charge in [0.2, 0.25) is 0 Å². The zero-order chi connectivity index (χ0) is 18.1. The molecule has 0 amide bonds. The van der Waals surface area contributed by atoms with Crippen molar-refractivity contribution in [3.63, 3.8) is 0 Å². The molecule has 3 aromatic heterocycles. The fourth-order valence-corrected chi connectivity index (χ4v) is 3.05. The van der Waals surface area contributed by atoms with Gasteiger partial charge >= 0.3 is 6.18 Å². The van der Waals surface area contributed by atoms with Crippen LogP contribution in [0.3, 0.4) is 0 Å². The number of anilines is 1. The smallest absolute Gasteiger partial charge is 0.378 e. The van der Waals surface area contributed by atoms with E-state index in [0.717, 1.165) is 37.2 Å². The topological polar surface area (TPSA) is 73.5 Å². The van der Waals surface area contributed by atoms with E-state index in [1.54, 1.807) is 17.1 Å². The summed E-state index contributed by atoms with van der Waals surface area (Å²) in [6.07, 6.45) is 1.98. The molecule has 0 aliphatic carbocycles. The second-order valence-electron chi connectivity index (χ2n) is 6.08. The van der Waals surface area contributed by atoms with Crippen LogP contribution >= 0.6 is 0 Å². The van der Waals surface area contributed by atoms with Gasteiger partial charge in [0.05, 0.1) is 11.9 Å². The first kappa shape index (κ1) is 16.6. The lowest BCUT2D eigenvalue weighted by Crippen LogP contribution is -2.13. The monoisotopic (exact) mass is 363 g/mol. The third-order valence-corrected chi connectivity index (χ3v) is 4.27. The zero-order valence-corrected chi connectivity index (χ0v) is 13.7. The predicted octanol–water partition coefficient (Wildman–Crippen LogP) is 2.50. The Morgan fingerprint density at radius 1 is 1.23 bits per heavy atom. The quantitative estimate of drug-likeness (QED) is 0.754. The molecule has 0 bridgehead atoms. The molecule has 0 unspecified atom stereocenters. The van der Waals surface area contributed by atoms with E-state index in [1.165, 1.54) is 12.1 Å². The van der Waals surface area contributed by atoms with Crippen LogP contribution in [0.15, 0.2) is 30.7 Å². The number of fused-ring (bicyclic) bond motifs is 1. The van der Waals surface area contributed by atoms with Gasteiger partial charge in [-0.2, -0.15) is 18.3 Å². The number of hydrogen-bond acceptors (Lipinski definition) is 5. The molecule has 26 heavy (non-hydrogen) atoms. The Balaban J connectivity index is 1.43. The number of aromatic nitrogens is 6. The summed E-state index contributed by atoms with van der Waals surface area (Å²) in [7, 11) is 0. The summed E-state index contributed by atoms with van der Waals surface area (Å²) in [6.45, 7) is 1.38. The summed E-state index contributed by atoms with van der Waals surface area (Å²) < 4.78 is 42.7. The Bertz CT molecular complexity index is 913. The minimum atomic E-state index is -4.48. The standard InChI is InChI=1S/C16H16F3N7/c17-16(18,19)15-11(3-1-5-20-15)7-21-12-8-22-25(9-12)10-14-24-23-13-4-2-6-26(13)14/h1,3,5,8-9,21H,2,4,6-7,10H2. The number of nitrogens with zero attached hydrogens (tertiary/aromatic N) is 6. The third kappa shape index (κ3) is 3.26. The molecule has 1 aliphatic rings. The van der Waals surface area contributed by atoms with E-state index in [9.17, 15) is 13.2 Å². The van der Waals surface area contributed by atoms with Crippen molar-refractivity contribution < 1.29 is 13.2 Å². The highest BCUT2D eigenvalue weighted by Gasteiger charge is 2.34. The first-order chi connectivity index (χ1) is 12.5. The summed E-state index contributed by atoms with van der Waals surface area (Å²) in [5.74, 6) is 1.82. The maximum absolute atomic E-state index is 13.0. The molecule has 10 heteroatoms. The molecule has 4 rings (SSSR count). The average molecular weight is 363 g/mol. The van der Waals surface area contributed by atoms with Gasteiger partial charge in [-0.05, 0) is 12.5 Å². The lowest BCUT2D eigenvalue weighted by atomic mass is 10.2. The van der Waals surface area contributed by atoms with Crippen LogP contribution in [0.2, 0.25) is 0 Å². The normalized spacial score (nSPS) is 13.8. The molecule has 136 valence electrons. The van der Waals surface area contributed by atoms with Crippen molar-refractivity contribution in [2.24, 2.45) is 0 Å². The second kappa shape index (κ2) is 6.43. The SMILES string of the molecule is FC(F)(F)c1ncccc1CNc1cnn(Cc2nnc3n2CCC3)c1. The molecule has 0 radical (unpaired) electrons. The van der Waals surface area contributed by atoms with Gasteiger partial charge in [0.1, 0.15) is 18.1 Å². The predicted molar refractivity (Wildman–Crippen MR) is 86.2 cm³/mol. The van der Waals surface area contributed by atoms with Gasteiger partial charge < -0.3 is 9.88 Å². The number of rotatable bonds is 5. The largest absolute Gasteiger partial charge is 0.433 e. The van der Waals surface area contributed by atoms with E-state index in [4.69, 9.17) is 0 Å². The van der Waals surface area contributed by atoms with Crippen LogP contribution in [0.4, 0.5) is 18.9 Å². The molecule has 0 aromatic carbocycles. The summed E-state index contributed by atoms with van der Waals surface area (Å²) in [4.78, 5) is 3.45. The van der Waals surface area contributed by atoms with Crippen molar-refractivity contribution in [1.82, 2.24) is 29.5 Å². The van der Waals surface area contributed by atoms with Gasteiger partial charge in [-0.15, -0.1) is 10.2 Å². The highest BCUT2D eigenvalue weighted by atomic mass is 19.4. The lowest BCUT2D eigenvalue weighted by Gasteiger charge is -2.11. The molecule has 0 spiro atoms. The summed E-state index contributed by atoms with van der Waals surface area (Å²) >= 11 is 0. The Kier molecular flexibility index (Phi) is 4.09. The number of alkyl halides is 3. The molecule has 1 N–H and O–H groups in total. The van der Waals surface area contributed by atoms with Crippen molar-refractivity contribution in [2.75, 3.05) is 5.32 Å². The molecule has 0 atom stereocenters. The van der Waals surface area contributed by atoms with E-state index in [-0.39, 0.29) is 12.1 Å². The van der Waals surface area contributed by atoms with Crippen LogP contribution in [0, 0.1) is 0 Å². The van der Waals surface area contributed by atoms with E-state index in [0.29, 0.717) is 12.2 Å². The van der Waals surface area contributed by atoms with Crippen LogP contribution in [0.25, 0.3) is 0 Å². The van der Waals surface area contributed by atoms with E-state index in [2.05, 4.69) is 30.2 Å². The van der Waals surface area contributed by atoms with E-state index >= 15 is 0 Å². The van der Waals surface area contributed by atoms with Crippen LogP contribution < -0.4 is 5.32 Å². The van der Waals surface area contributed by atoms with Crippen molar-refractivity contribution in [3.8, 4) is 0 Å². The number of halogens is 3. The van der Waals surface area contributed by atoms with E-state index in [1.807, 2.05) is 0 Å². The Hall–Kier alpha value is -2.91. The van der Waals surface area contributed by atoms with Crippen molar-refractivity contribution >= 4 is 5.69 Å². The van der Waals surface area contributed by atoms with Gasteiger partial charge in [-0.25, -0.2) is 0 Å². The summed E-state index contributed by atoms with van der Waals surface area (Å²) in [5, 5.41) is 15.5. The lowest BCUT2D eigenvalue weighted by molar-refractivity contribution is -0.141. The van der Waals surface area contributed by atoms with Crippen LogP contribution in [0.5, 0.6) is 0 Å². The minimum absolute atomic E-state index is 0.00864. The minimum Gasteiger partial charge on any atom is -0.378 e. The maximum Gasteiger partial charge on any atom is 0.433 e. The van der Waals surface area contributed by atoms with Crippen molar-refractivity contribution in [2.45, 2.75) is 38.7 Å². The zero-order valence-electron chi connectivity index (χ0n) is 13.7. The Labute approximate surface area is 146 Å². The number of pyridine rings is 1. The highest BCUT2D eigenvalue weighted by molar-refractivity contribution is 5.40. The Morgan fingerprint density at radius 3 is 2.96 bits per heavy atom. The molecular formula is C16H16F3N7. The highest BCUT2D eigenvalue weighted by Crippen LogP contribution is 2.30. The summed E-state index contributed by atoms with van der Waals surface area (Å²) in [5.41, 5.74) is -0.162. The van der Waals surface area contributed by atoms with Crippen LogP contribution in [-0.2, 0) is 32.2 Å². The van der Waals surface area contributed by atoms with Gasteiger partial charge in [0.25, 0.3) is 0 Å². The maximum atomic E-state index is 13.0. The number of aryl methyl sites for hydroxylation is 1. The molecule has 7 nitrogen and oxygen atoms in total. The number of hydrogen-bond donors (Lipinski definition) is 1. The van der Waals surface area contributed by atoms with Crippen molar-refractivity contribution in [3.05, 3.63) is 53.6 Å². The summed E-state index contributed by atoms with van der Waals surface area (Å²) in [6, 6.07) is 2.90. The van der Waals surface area contributed by atoms with Crippen LogP contribution in [-0.4, -0.2) is 29.5 Å². The molecule has 4 heterocycles. The average Bonchev–Trinajstić information content (AvgIpc) is 3.31. The Morgan fingerprint density at radius 2 is 2.12 bits per heavy atom.